The first kappa shape index (κ1) is 17.8. The maximum absolute atomic E-state index is 9.47. The van der Waals surface area contributed by atoms with Crippen LogP contribution in [0.5, 0.6) is 0 Å². The van der Waals surface area contributed by atoms with Gasteiger partial charge in [0.25, 0.3) is 0 Å². The summed E-state index contributed by atoms with van der Waals surface area (Å²) in [5.41, 5.74) is -0.0349. The second kappa shape index (κ2) is 8.92. The SMILES string of the molecule is CCC[C@H]1CC[C@H](CO[C@H]2CC[C@@](C#N)(CCC)CC2)CC1. The Bertz CT molecular complexity index is 343. The van der Waals surface area contributed by atoms with Gasteiger partial charge in [-0.15, -0.1) is 0 Å². The number of nitrogens with zero attached hydrogens (tertiary/aromatic N) is 1. The van der Waals surface area contributed by atoms with Crippen LogP contribution in [-0.2, 0) is 4.74 Å². The molecule has 126 valence electrons. The predicted molar refractivity (Wildman–Crippen MR) is 91.5 cm³/mol. The molecule has 0 spiro atoms. The molecule has 0 aromatic rings. The van der Waals surface area contributed by atoms with Gasteiger partial charge < -0.3 is 4.74 Å². The van der Waals surface area contributed by atoms with Crippen molar-refractivity contribution in [2.24, 2.45) is 17.3 Å². The summed E-state index contributed by atoms with van der Waals surface area (Å²) in [6.45, 7) is 5.46. The molecular weight excluding hydrogens is 270 g/mol. The summed E-state index contributed by atoms with van der Waals surface area (Å²) >= 11 is 0. The molecule has 2 saturated carbocycles. The van der Waals surface area contributed by atoms with Crippen LogP contribution in [0.1, 0.15) is 90.9 Å². The third kappa shape index (κ3) is 4.98. The number of ether oxygens (including phenoxy) is 1. The van der Waals surface area contributed by atoms with Crippen LogP contribution < -0.4 is 0 Å². The van der Waals surface area contributed by atoms with Crippen molar-refractivity contribution in [3.63, 3.8) is 0 Å². The summed E-state index contributed by atoms with van der Waals surface area (Å²) in [6.07, 6.45) is 15.2. The summed E-state index contributed by atoms with van der Waals surface area (Å²) in [4.78, 5) is 0. The van der Waals surface area contributed by atoms with Crippen LogP contribution in [0.25, 0.3) is 0 Å². The minimum absolute atomic E-state index is 0.0349. The first-order valence-electron chi connectivity index (χ1n) is 9.74. The highest BCUT2D eigenvalue weighted by molar-refractivity contribution is 5.01. The third-order valence-electron chi connectivity index (χ3n) is 6.09. The van der Waals surface area contributed by atoms with Gasteiger partial charge >= 0.3 is 0 Å². The molecule has 2 aliphatic carbocycles. The smallest absolute Gasteiger partial charge is 0.0689 e. The van der Waals surface area contributed by atoms with Gasteiger partial charge in [0.2, 0.25) is 0 Å². The van der Waals surface area contributed by atoms with Crippen molar-refractivity contribution in [3.05, 3.63) is 0 Å². The first-order valence-corrected chi connectivity index (χ1v) is 9.74. The van der Waals surface area contributed by atoms with Crippen LogP contribution in [0.15, 0.2) is 0 Å². The molecule has 0 aromatic carbocycles. The minimum atomic E-state index is -0.0349. The standard InChI is InChI=1S/C20H35NO/c1-3-5-17-6-8-18(9-7-17)15-22-19-10-13-20(16-21,12-4-2)14-11-19/h17-19H,3-15H2,1-2H3/t17-,18-,19-,20-. The van der Waals surface area contributed by atoms with Gasteiger partial charge in [-0.2, -0.15) is 5.26 Å². The third-order valence-corrected chi connectivity index (χ3v) is 6.09. The summed E-state index contributed by atoms with van der Waals surface area (Å²) in [5.74, 6) is 1.78. The van der Waals surface area contributed by atoms with Crippen molar-refractivity contribution < 1.29 is 4.74 Å². The zero-order chi connectivity index (χ0) is 15.8. The molecule has 0 unspecified atom stereocenters. The molecule has 0 N–H and O–H groups in total. The molecule has 2 heteroatoms. The molecule has 2 rings (SSSR count). The van der Waals surface area contributed by atoms with E-state index in [1.165, 1.54) is 38.5 Å². The molecule has 0 heterocycles. The molecule has 0 radical (unpaired) electrons. The normalized spacial score (nSPS) is 36.0. The maximum Gasteiger partial charge on any atom is 0.0689 e. The fourth-order valence-corrected chi connectivity index (χ4v) is 4.57. The molecule has 0 bridgehead atoms. The Labute approximate surface area is 137 Å². The van der Waals surface area contributed by atoms with E-state index >= 15 is 0 Å². The van der Waals surface area contributed by atoms with Crippen LogP contribution in [0.2, 0.25) is 0 Å². The van der Waals surface area contributed by atoms with Crippen molar-refractivity contribution in [2.75, 3.05) is 6.61 Å². The monoisotopic (exact) mass is 305 g/mol. The fraction of sp³-hybridized carbons (Fsp3) is 0.950. The van der Waals surface area contributed by atoms with E-state index in [4.69, 9.17) is 4.74 Å². The molecule has 2 nitrogen and oxygen atoms in total. The summed E-state index contributed by atoms with van der Waals surface area (Å²) in [6, 6.07) is 2.61. The zero-order valence-electron chi connectivity index (χ0n) is 14.8. The minimum Gasteiger partial charge on any atom is -0.378 e. The fourth-order valence-electron chi connectivity index (χ4n) is 4.57. The largest absolute Gasteiger partial charge is 0.378 e. The maximum atomic E-state index is 9.47. The van der Waals surface area contributed by atoms with E-state index < -0.39 is 0 Å². The molecule has 2 fully saturated rings. The Morgan fingerprint density at radius 3 is 2.14 bits per heavy atom. The molecule has 22 heavy (non-hydrogen) atoms. The highest BCUT2D eigenvalue weighted by Crippen LogP contribution is 2.41. The van der Waals surface area contributed by atoms with E-state index in [1.807, 2.05) is 0 Å². The van der Waals surface area contributed by atoms with Crippen LogP contribution in [0.3, 0.4) is 0 Å². The van der Waals surface area contributed by atoms with Crippen molar-refractivity contribution in [3.8, 4) is 6.07 Å². The average Bonchev–Trinajstić information content (AvgIpc) is 2.56. The average molecular weight is 306 g/mol. The molecule has 0 amide bonds. The van der Waals surface area contributed by atoms with Crippen molar-refractivity contribution >= 4 is 0 Å². The van der Waals surface area contributed by atoms with Gasteiger partial charge in [0.05, 0.1) is 17.6 Å². The molecule has 0 saturated heterocycles. The Morgan fingerprint density at radius 2 is 1.59 bits per heavy atom. The Hall–Kier alpha value is -0.550. The lowest BCUT2D eigenvalue weighted by molar-refractivity contribution is -0.0182. The second-order valence-electron chi connectivity index (χ2n) is 7.85. The molecular formula is C20H35NO. The summed E-state index contributed by atoms with van der Waals surface area (Å²) in [5, 5.41) is 9.47. The van der Waals surface area contributed by atoms with Gasteiger partial charge in [-0.3, -0.25) is 0 Å². The van der Waals surface area contributed by atoms with Crippen LogP contribution >= 0.6 is 0 Å². The van der Waals surface area contributed by atoms with Gasteiger partial charge in [0.15, 0.2) is 0 Å². The van der Waals surface area contributed by atoms with Crippen molar-refractivity contribution in [2.45, 2.75) is 97.0 Å². The number of rotatable bonds is 7. The Balaban J connectivity index is 1.64. The lowest BCUT2D eigenvalue weighted by Gasteiger charge is -2.36. The summed E-state index contributed by atoms with van der Waals surface area (Å²) < 4.78 is 6.22. The Morgan fingerprint density at radius 1 is 0.955 bits per heavy atom. The highest BCUT2D eigenvalue weighted by Gasteiger charge is 2.35. The second-order valence-corrected chi connectivity index (χ2v) is 7.85. The molecule has 2 aliphatic rings. The van der Waals surface area contributed by atoms with E-state index in [0.29, 0.717) is 6.10 Å². The van der Waals surface area contributed by atoms with Gasteiger partial charge in [-0.25, -0.2) is 0 Å². The van der Waals surface area contributed by atoms with Crippen LogP contribution in [-0.4, -0.2) is 12.7 Å². The number of nitriles is 1. The van der Waals surface area contributed by atoms with Gasteiger partial charge in [0.1, 0.15) is 0 Å². The molecule has 0 aliphatic heterocycles. The first-order chi connectivity index (χ1) is 10.7. The van der Waals surface area contributed by atoms with Gasteiger partial charge in [-0.05, 0) is 56.8 Å². The molecule has 0 atom stereocenters. The lowest BCUT2D eigenvalue weighted by Crippen LogP contribution is -2.31. The van der Waals surface area contributed by atoms with E-state index in [1.54, 1.807) is 0 Å². The Kier molecular flexibility index (Phi) is 7.22. The number of hydrogen-bond acceptors (Lipinski definition) is 2. The van der Waals surface area contributed by atoms with Gasteiger partial charge in [-0.1, -0.05) is 46.0 Å². The van der Waals surface area contributed by atoms with Crippen molar-refractivity contribution in [1.82, 2.24) is 0 Å². The van der Waals surface area contributed by atoms with Gasteiger partial charge in [0, 0.05) is 6.61 Å². The van der Waals surface area contributed by atoms with Crippen LogP contribution in [0.4, 0.5) is 0 Å². The predicted octanol–water partition coefficient (Wildman–Crippen LogP) is 5.86. The highest BCUT2D eigenvalue weighted by atomic mass is 16.5. The van der Waals surface area contributed by atoms with E-state index in [0.717, 1.165) is 57.0 Å². The summed E-state index contributed by atoms with van der Waals surface area (Å²) in [7, 11) is 0. The quantitative estimate of drug-likeness (QED) is 0.590. The van der Waals surface area contributed by atoms with E-state index in [-0.39, 0.29) is 5.41 Å². The number of hydrogen-bond donors (Lipinski definition) is 0. The topological polar surface area (TPSA) is 33.0 Å². The van der Waals surface area contributed by atoms with Crippen LogP contribution in [0, 0.1) is 28.6 Å². The van der Waals surface area contributed by atoms with E-state index in [9.17, 15) is 5.26 Å². The van der Waals surface area contributed by atoms with Crippen molar-refractivity contribution in [1.29, 1.82) is 5.26 Å². The molecule has 0 aromatic heterocycles. The van der Waals surface area contributed by atoms with E-state index in [2.05, 4.69) is 19.9 Å². The zero-order valence-corrected chi connectivity index (χ0v) is 14.8. The lowest BCUT2D eigenvalue weighted by atomic mass is 9.71.